The Bertz CT molecular complexity index is 713. The molecule has 0 amide bonds. The van der Waals surface area contributed by atoms with Gasteiger partial charge < -0.3 is 5.11 Å². The average Bonchev–Trinajstić information content (AvgIpc) is 2.51. The molecular formula is C17H15NOS. The van der Waals surface area contributed by atoms with Gasteiger partial charge in [-0.25, -0.2) is 0 Å². The molecule has 2 nitrogen and oxygen atoms in total. The number of aromatic hydroxyl groups is 1. The molecule has 20 heavy (non-hydrogen) atoms. The van der Waals surface area contributed by atoms with E-state index in [1.165, 1.54) is 10.5 Å². The van der Waals surface area contributed by atoms with Crippen LogP contribution in [-0.4, -0.2) is 15.8 Å². The second kappa shape index (κ2) is 5.97. The highest BCUT2D eigenvalue weighted by Gasteiger charge is 2.05. The molecule has 3 heteroatoms. The maximum Gasteiger partial charge on any atom is 0.123 e. The maximum absolute atomic E-state index is 9.88. The molecule has 0 atom stereocenters. The molecule has 2 aromatic carbocycles. The van der Waals surface area contributed by atoms with Gasteiger partial charge in [0.05, 0.1) is 0 Å². The van der Waals surface area contributed by atoms with E-state index in [4.69, 9.17) is 0 Å². The van der Waals surface area contributed by atoms with E-state index >= 15 is 0 Å². The molecule has 0 bridgehead atoms. The van der Waals surface area contributed by atoms with E-state index < -0.39 is 0 Å². The molecule has 0 aliphatic rings. The quantitative estimate of drug-likeness (QED) is 0.725. The van der Waals surface area contributed by atoms with Crippen molar-refractivity contribution in [1.82, 2.24) is 4.98 Å². The van der Waals surface area contributed by atoms with E-state index in [2.05, 4.69) is 17.1 Å². The summed E-state index contributed by atoms with van der Waals surface area (Å²) in [5.41, 5.74) is 1.25. The van der Waals surface area contributed by atoms with Crippen LogP contribution < -0.4 is 0 Å². The number of pyridine rings is 1. The minimum absolute atomic E-state index is 0.345. The van der Waals surface area contributed by atoms with Crippen molar-refractivity contribution in [3.05, 3.63) is 66.5 Å². The SMILES string of the molecule is Oc1ccc(SCCc2cccnc2)c2ccccc12. The second-order valence-electron chi connectivity index (χ2n) is 4.59. The number of nitrogens with zero attached hydrogens (tertiary/aromatic N) is 1. The van der Waals surface area contributed by atoms with Gasteiger partial charge in [0, 0.05) is 28.4 Å². The fourth-order valence-corrected chi connectivity index (χ4v) is 3.26. The molecular weight excluding hydrogens is 266 g/mol. The van der Waals surface area contributed by atoms with Crippen LogP contribution in [0.5, 0.6) is 5.75 Å². The molecule has 0 unspecified atom stereocenters. The van der Waals surface area contributed by atoms with Crippen molar-refractivity contribution < 1.29 is 5.11 Å². The molecule has 0 radical (unpaired) electrons. The van der Waals surface area contributed by atoms with Crippen LogP contribution in [0.2, 0.25) is 0 Å². The van der Waals surface area contributed by atoms with Gasteiger partial charge in [0.1, 0.15) is 5.75 Å². The van der Waals surface area contributed by atoms with Gasteiger partial charge in [0.15, 0.2) is 0 Å². The lowest BCUT2D eigenvalue weighted by Crippen LogP contribution is -1.89. The molecule has 3 aromatic rings. The molecule has 1 aromatic heterocycles. The molecule has 0 aliphatic carbocycles. The van der Waals surface area contributed by atoms with Crippen LogP contribution in [0.4, 0.5) is 0 Å². The number of aromatic nitrogens is 1. The van der Waals surface area contributed by atoms with Gasteiger partial charge >= 0.3 is 0 Å². The Balaban J connectivity index is 1.77. The van der Waals surface area contributed by atoms with Crippen molar-refractivity contribution in [3.8, 4) is 5.75 Å². The number of hydrogen-bond acceptors (Lipinski definition) is 3. The van der Waals surface area contributed by atoms with Crippen molar-refractivity contribution >= 4 is 22.5 Å². The van der Waals surface area contributed by atoms with Gasteiger partial charge in [0.2, 0.25) is 0 Å². The Labute approximate surface area is 122 Å². The maximum atomic E-state index is 9.88. The molecule has 100 valence electrons. The third-order valence-electron chi connectivity index (χ3n) is 3.23. The van der Waals surface area contributed by atoms with Gasteiger partial charge in [-0.1, -0.05) is 30.3 Å². The predicted octanol–water partition coefficient (Wildman–Crippen LogP) is 4.28. The fourth-order valence-electron chi connectivity index (χ4n) is 2.21. The Morgan fingerprint density at radius 3 is 2.60 bits per heavy atom. The van der Waals surface area contributed by atoms with E-state index in [1.807, 2.05) is 48.3 Å². The number of phenols is 1. The van der Waals surface area contributed by atoms with Gasteiger partial charge in [-0.15, -0.1) is 11.8 Å². The van der Waals surface area contributed by atoms with Crippen LogP contribution in [0.1, 0.15) is 5.56 Å². The summed E-state index contributed by atoms with van der Waals surface area (Å²) < 4.78 is 0. The van der Waals surface area contributed by atoms with Gasteiger partial charge in [-0.3, -0.25) is 4.98 Å². The number of rotatable bonds is 4. The summed E-state index contributed by atoms with van der Waals surface area (Å²) in [7, 11) is 0. The topological polar surface area (TPSA) is 33.1 Å². The van der Waals surface area contributed by atoms with Crippen LogP contribution in [0.15, 0.2) is 65.8 Å². The highest BCUT2D eigenvalue weighted by Crippen LogP contribution is 2.33. The Kier molecular flexibility index (Phi) is 3.88. The van der Waals surface area contributed by atoms with E-state index in [9.17, 15) is 5.11 Å². The Hall–Kier alpha value is -2.00. The number of hydrogen-bond donors (Lipinski definition) is 1. The van der Waals surface area contributed by atoms with Crippen molar-refractivity contribution in [2.75, 3.05) is 5.75 Å². The van der Waals surface area contributed by atoms with Gasteiger partial charge in [-0.2, -0.15) is 0 Å². The summed E-state index contributed by atoms with van der Waals surface area (Å²) in [6.07, 6.45) is 4.70. The van der Waals surface area contributed by atoms with Crippen molar-refractivity contribution in [2.45, 2.75) is 11.3 Å². The van der Waals surface area contributed by atoms with Crippen LogP contribution in [0, 0.1) is 0 Å². The standard InChI is InChI=1S/C17H15NOS/c19-16-7-8-17(15-6-2-1-5-14(15)16)20-11-9-13-4-3-10-18-12-13/h1-8,10,12,19H,9,11H2. The summed E-state index contributed by atoms with van der Waals surface area (Å²) in [5.74, 6) is 1.35. The zero-order chi connectivity index (χ0) is 13.8. The van der Waals surface area contributed by atoms with Crippen molar-refractivity contribution in [1.29, 1.82) is 0 Å². The number of fused-ring (bicyclic) bond motifs is 1. The zero-order valence-electron chi connectivity index (χ0n) is 11.0. The third-order valence-corrected chi connectivity index (χ3v) is 4.31. The number of phenolic OH excluding ortho intramolecular Hbond substituents is 1. The summed E-state index contributed by atoms with van der Waals surface area (Å²) in [5, 5.41) is 11.9. The normalized spacial score (nSPS) is 10.8. The third kappa shape index (κ3) is 2.78. The summed E-state index contributed by atoms with van der Waals surface area (Å²) in [6.45, 7) is 0. The first-order valence-electron chi connectivity index (χ1n) is 6.57. The van der Waals surface area contributed by atoms with E-state index in [1.54, 1.807) is 12.3 Å². The number of benzene rings is 2. The molecule has 0 aliphatic heterocycles. The first kappa shape index (κ1) is 13.0. The minimum Gasteiger partial charge on any atom is -0.507 e. The highest BCUT2D eigenvalue weighted by atomic mass is 32.2. The summed E-state index contributed by atoms with van der Waals surface area (Å²) in [4.78, 5) is 5.34. The lowest BCUT2D eigenvalue weighted by molar-refractivity contribution is 0.481. The van der Waals surface area contributed by atoms with Crippen molar-refractivity contribution in [3.63, 3.8) is 0 Å². The van der Waals surface area contributed by atoms with Crippen LogP contribution in [0.25, 0.3) is 10.8 Å². The summed E-state index contributed by atoms with van der Waals surface area (Å²) in [6, 6.07) is 15.8. The lowest BCUT2D eigenvalue weighted by atomic mass is 10.1. The largest absolute Gasteiger partial charge is 0.507 e. The van der Waals surface area contributed by atoms with Crippen LogP contribution >= 0.6 is 11.8 Å². The van der Waals surface area contributed by atoms with E-state index in [0.29, 0.717) is 5.75 Å². The molecule has 0 spiro atoms. The Morgan fingerprint density at radius 2 is 1.80 bits per heavy atom. The molecule has 0 saturated carbocycles. The van der Waals surface area contributed by atoms with Gasteiger partial charge in [0.25, 0.3) is 0 Å². The molecule has 0 saturated heterocycles. The molecule has 0 fully saturated rings. The van der Waals surface area contributed by atoms with Gasteiger partial charge in [-0.05, 0) is 35.6 Å². The fraction of sp³-hybridized carbons (Fsp3) is 0.118. The van der Waals surface area contributed by atoms with Crippen LogP contribution in [-0.2, 0) is 6.42 Å². The predicted molar refractivity (Wildman–Crippen MR) is 84.3 cm³/mol. The summed E-state index contributed by atoms with van der Waals surface area (Å²) >= 11 is 1.81. The first-order valence-corrected chi connectivity index (χ1v) is 7.55. The molecule has 1 N–H and O–H groups in total. The smallest absolute Gasteiger partial charge is 0.123 e. The first-order chi connectivity index (χ1) is 9.84. The van der Waals surface area contributed by atoms with E-state index in [-0.39, 0.29) is 0 Å². The minimum atomic E-state index is 0.345. The van der Waals surface area contributed by atoms with Crippen molar-refractivity contribution in [2.24, 2.45) is 0 Å². The average molecular weight is 281 g/mol. The van der Waals surface area contributed by atoms with Crippen LogP contribution in [0.3, 0.4) is 0 Å². The molecule has 3 rings (SSSR count). The highest BCUT2D eigenvalue weighted by molar-refractivity contribution is 7.99. The Morgan fingerprint density at radius 1 is 0.950 bits per heavy atom. The number of aryl methyl sites for hydroxylation is 1. The molecule has 1 heterocycles. The second-order valence-corrected chi connectivity index (χ2v) is 5.72. The lowest BCUT2D eigenvalue weighted by Gasteiger charge is -2.07. The van der Waals surface area contributed by atoms with E-state index in [0.717, 1.165) is 22.9 Å². The number of thioether (sulfide) groups is 1. The monoisotopic (exact) mass is 281 g/mol. The zero-order valence-corrected chi connectivity index (χ0v) is 11.8.